The minimum absolute atomic E-state index is 0.00249. The van der Waals surface area contributed by atoms with Crippen LogP contribution in [0.4, 0.5) is 0 Å². The van der Waals surface area contributed by atoms with Gasteiger partial charge in [-0.2, -0.15) is 0 Å². The van der Waals surface area contributed by atoms with E-state index in [0.29, 0.717) is 13.0 Å². The van der Waals surface area contributed by atoms with E-state index in [1.165, 1.54) is 7.11 Å². The lowest BCUT2D eigenvalue weighted by Gasteiger charge is -2.24. The number of ether oxygens (including phenoxy) is 1. The van der Waals surface area contributed by atoms with Gasteiger partial charge in [0.2, 0.25) is 5.91 Å². The molecule has 0 aromatic carbocycles. The molecule has 0 aliphatic rings. The number of nitrogens with two attached hydrogens (primary N) is 1. The summed E-state index contributed by atoms with van der Waals surface area (Å²) in [4.78, 5) is 21.7. The summed E-state index contributed by atoms with van der Waals surface area (Å²) in [6, 6.07) is -1.11. The third-order valence-electron chi connectivity index (χ3n) is 2.22. The number of hydrogen-bond acceptors (Lipinski definition) is 5. The highest BCUT2D eigenvalue weighted by Gasteiger charge is 2.23. The number of carbonyl (C=O) groups excluding carboxylic acids is 1. The van der Waals surface area contributed by atoms with E-state index in [2.05, 4.69) is 5.32 Å². The quantitative estimate of drug-likeness (QED) is 0.423. The van der Waals surface area contributed by atoms with Crippen molar-refractivity contribution in [1.29, 1.82) is 0 Å². The first-order chi connectivity index (χ1) is 7.78. The van der Waals surface area contributed by atoms with Crippen molar-refractivity contribution in [3.63, 3.8) is 0 Å². The van der Waals surface area contributed by atoms with Crippen LogP contribution in [0.15, 0.2) is 0 Å². The molecule has 1 amide bonds. The van der Waals surface area contributed by atoms with E-state index >= 15 is 0 Å². The average Bonchev–Trinajstić information content (AvgIpc) is 2.22. The highest BCUT2D eigenvalue weighted by Crippen LogP contribution is 2.07. The molecule has 0 aliphatic carbocycles. The maximum absolute atomic E-state index is 11.4. The molecule has 17 heavy (non-hydrogen) atoms. The summed E-state index contributed by atoms with van der Waals surface area (Å²) in [6.07, 6.45) is -0.0794. The number of nitrogens with one attached hydrogen (secondary N) is 1. The van der Waals surface area contributed by atoms with Crippen molar-refractivity contribution in [3.05, 3.63) is 0 Å². The van der Waals surface area contributed by atoms with Crippen LogP contribution in [-0.4, -0.2) is 54.0 Å². The van der Waals surface area contributed by atoms with Crippen LogP contribution >= 0.6 is 0 Å². The fourth-order valence-corrected chi connectivity index (χ4v) is 1.10. The number of aliphatic carboxylic acids is 1. The van der Waals surface area contributed by atoms with Crippen molar-refractivity contribution in [2.45, 2.75) is 31.4 Å². The van der Waals surface area contributed by atoms with E-state index in [-0.39, 0.29) is 6.54 Å². The molecule has 0 radical (unpaired) electrons. The van der Waals surface area contributed by atoms with Gasteiger partial charge in [-0.25, -0.2) is 0 Å². The largest absolute Gasteiger partial charge is 0.481 e. The molecule has 0 aromatic rings. The molecule has 5 N–H and O–H groups in total. The van der Waals surface area contributed by atoms with E-state index in [1.807, 2.05) is 0 Å². The maximum Gasteiger partial charge on any atom is 0.305 e. The van der Waals surface area contributed by atoms with Gasteiger partial charge >= 0.3 is 5.97 Å². The number of rotatable bonds is 8. The minimum Gasteiger partial charge on any atom is -0.481 e. The van der Waals surface area contributed by atoms with Crippen molar-refractivity contribution in [3.8, 4) is 0 Å². The Morgan fingerprint density at radius 3 is 2.59 bits per heavy atom. The number of amides is 1. The van der Waals surface area contributed by atoms with Crippen molar-refractivity contribution < 1.29 is 24.5 Å². The summed E-state index contributed by atoms with van der Waals surface area (Å²) in [6.45, 7) is 1.92. The van der Waals surface area contributed by atoms with Crippen LogP contribution in [0.3, 0.4) is 0 Å². The lowest BCUT2D eigenvalue weighted by atomic mass is 10.0. The van der Waals surface area contributed by atoms with E-state index in [9.17, 15) is 14.7 Å². The lowest BCUT2D eigenvalue weighted by molar-refractivity contribution is -0.139. The molecule has 2 unspecified atom stereocenters. The molecule has 0 spiro atoms. The highest BCUT2D eigenvalue weighted by atomic mass is 16.5. The Labute approximate surface area is 99.9 Å². The predicted octanol–water partition coefficient (Wildman–Crippen LogP) is -1.31. The Kier molecular flexibility index (Phi) is 6.71. The Hall–Kier alpha value is -1.18. The van der Waals surface area contributed by atoms with Crippen LogP contribution in [0.2, 0.25) is 0 Å². The fourth-order valence-electron chi connectivity index (χ4n) is 1.10. The van der Waals surface area contributed by atoms with Crippen LogP contribution in [0.1, 0.15) is 19.8 Å². The summed E-state index contributed by atoms with van der Waals surface area (Å²) in [5.41, 5.74) is 4.25. The molecule has 0 heterocycles. The van der Waals surface area contributed by atoms with Crippen molar-refractivity contribution in [2.24, 2.45) is 5.73 Å². The average molecular weight is 248 g/mol. The highest BCUT2D eigenvalue weighted by molar-refractivity contribution is 5.85. The van der Waals surface area contributed by atoms with E-state index in [4.69, 9.17) is 15.6 Å². The van der Waals surface area contributed by atoms with Gasteiger partial charge in [-0.3, -0.25) is 9.59 Å². The zero-order valence-electron chi connectivity index (χ0n) is 10.1. The zero-order valence-corrected chi connectivity index (χ0v) is 10.1. The Morgan fingerprint density at radius 1 is 1.53 bits per heavy atom. The van der Waals surface area contributed by atoms with Gasteiger partial charge in [0.1, 0.15) is 0 Å². The number of carboxylic acids is 1. The number of hydrogen-bond donors (Lipinski definition) is 4. The van der Waals surface area contributed by atoms with E-state index in [1.54, 1.807) is 6.92 Å². The van der Waals surface area contributed by atoms with Gasteiger partial charge in [0.15, 0.2) is 0 Å². The minimum atomic E-state index is -1.14. The summed E-state index contributed by atoms with van der Waals surface area (Å²) >= 11 is 0. The zero-order chi connectivity index (χ0) is 13.5. The second-order valence-electron chi connectivity index (χ2n) is 4.16. The van der Waals surface area contributed by atoms with E-state index < -0.39 is 29.9 Å². The smallest absolute Gasteiger partial charge is 0.305 e. The monoisotopic (exact) mass is 248 g/mol. The molecule has 0 rings (SSSR count). The third-order valence-corrected chi connectivity index (χ3v) is 2.22. The van der Waals surface area contributed by atoms with Gasteiger partial charge in [-0.1, -0.05) is 0 Å². The van der Waals surface area contributed by atoms with Crippen LogP contribution in [0, 0.1) is 0 Å². The molecule has 0 fully saturated rings. The van der Waals surface area contributed by atoms with Crippen molar-refractivity contribution in [2.75, 3.05) is 20.3 Å². The molecule has 2 atom stereocenters. The SMILES string of the molecule is COCCC(C)(O)CNC(=O)C(N)CC(=O)O. The maximum atomic E-state index is 11.4. The summed E-state index contributed by atoms with van der Waals surface area (Å²) < 4.78 is 4.81. The summed E-state index contributed by atoms with van der Waals surface area (Å²) in [5.74, 6) is -1.73. The summed E-state index contributed by atoms with van der Waals surface area (Å²) in [7, 11) is 1.51. The standard InChI is InChI=1S/C10H20N2O5/c1-10(16,3-4-17-2)6-12-9(15)7(11)5-8(13)14/h7,16H,3-6,11H2,1-2H3,(H,12,15)(H,13,14). The van der Waals surface area contributed by atoms with Gasteiger partial charge in [0.25, 0.3) is 0 Å². The predicted molar refractivity (Wildman–Crippen MR) is 60.4 cm³/mol. The van der Waals surface area contributed by atoms with Crippen LogP contribution in [0.5, 0.6) is 0 Å². The van der Waals surface area contributed by atoms with E-state index in [0.717, 1.165) is 0 Å². The van der Waals surface area contributed by atoms with Crippen LogP contribution in [0.25, 0.3) is 0 Å². The fraction of sp³-hybridized carbons (Fsp3) is 0.800. The molecular weight excluding hydrogens is 228 g/mol. The van der Waals surface area contributed by atoms with Gasteiger partial charge in [-0.15, -0.1) is 0 Å². The van der Waals surface area contributed by atoms with Crippen LogP contribution < -0.4 is 11.1 Å². The second kappa shape index (κ2) is 7.21. The second-order valence-corrected chi connectivity index (χ2v) is 4.16. The Bertz CT molecular complexity index is 267. The van der Waals surface area contributed by atoms with Gasteiger partial charge in [0, 0.05) is 26.7 Å². The van der Waals surface area contributed by atoms with Crippen LogP contribution in [-0.2, 0) is 14.3 Å². The molecule has 0 saturated carbocycles. The number of methoxy groups -OCH3 is 1. The number of aliphatic hydroxyl groups is 1. The van der Waals surface area contributed by atoms with Gasteiger partial charge < -0.3 is 26.0 Å². The molecule has 7 nitrogen and oxygen atoms in total. The van der Waals surface area contributed by atoms with Gasteiger partial charge in [0.05, 0.1) is 18.1 Å². The molecule has 0 aliphatic heterocycles. The summed E-state index contributed by atoms with van der Waals surface area (Å²) in [5, 5.41) is 20.7. The lowest BCUT2D eigenvalue weighted by Crippen LogP contribution is -2.48. The molecule has 0 bridgehead atoms. The molecule has 0 saturated heterocycles. The normalized spacial score (nSPS) is 16.0. The molecular formula is C10H20N2O5. The molecule has 7 heteroatoms. The Balaban J connectivity index is 4.01. The van der Waals surface area contributed by atoms with Crippen molar-refractivity contribution in [1.82, 2.24) is 5.32 Å². The molecule has 100 valence electrons. The number of carboxylic acid groups (broad SMARTS) is 1. The number of carbonyl (C=O) groups is 2. The van der Waals surface area contributed by atoms with Gasteiger partial charge in [-0.05, 0) is 6.92 Å². The Morgan fingerprint density at radius 2 is 2.12 bits per heavy atom. The third kappa shape index (κ3) is 7.67. The van der Waals surface area contributed by atoms with Crippen molar-refractivity contribution >= 4 is 11.9 Å². The first kappa shape index (κ1) is 15.8. The first-order valence-electron chi connectivity index (χ1n) is 5.25. The molecule has 0 aromatic heterocycles. The first-order valence-corrected chi connectivity index (χ1v) is 5.25. The topological polar surface area (TPSA) is 122 Å².